The van der Waals surface area contributed by atoms with Gasteiger partial charge in [0, 0.05) is 49.5 Å². The number of halogens is 2. The van der Waals surface area contributed by atoms with Gasteiger partial charge < -0.3 is 14.6 Å². The van der Waals surface area contributed by atoms with Gasteiger partial charge in [-0.25, -0.2) is 0 Å². The van der Waals surface area contributed by atoms with Crippen LogP contribution in [0.5, 0.6) is 0 Å². The first-order valence-corrected chi connectivity index (χ1v) is 11.6. The Kier molecular flexibility index (Phi) is 5.14. The minimum atomic E-state index is -0.452. The molecule has 0 saturated heterocycles. The van der Waals surface area contributed by atoms with E-state index < -0.39 is 6.10 Å². The Morgan fingerprint density at radius 3 is 2.21 bits per heavy atom. The number of aromatic nitrogens is 1. The third-order valence-electron chi connectivity index (χ3n) is 5.82. The first-order valence-electron chi connectivity index (χ1n) is 9.98. The highest BCUT2D eigenvalue weighted by molar-refractivity contribution is 9.10. The zero-order chi connectivity index (χ0) is 20.0. The van der Waals surface area contributed by atoms with E-state index in [9.17, 15) is 5.11 Å². The van der Waals surface area contributed by atoms with Crippen LogP contribution in [-0.2, 0) is 13.0 Å². The summed E-state index contributed by atoms with van der Waals surface area (Å²) in [4.78, 5) is 2.34. The summed E-state index contributed by atoms with van der Waals surface area (Å²) in [5, 5.41) is 13.4. The zero-order valence-corrected chi connectivity index (χ0v) is 19.2. The van der Waals surface area contributed by atoms with E-state index in [1.807, 2.05) is 0 Å². The van der Waals surface area contributed by atoms with Gasteiger partial charge in [0.05, 0.1) is 12.6 Å². The molecule has 1 N–H and O–H groups in total. The van der Waals surface area contributed by atoms with Crippen molar-refractivity contribution in [2.75, 3.05) is 18.0 Å². The van der Waals surface area contributed by atoms with Crippen LogP contribution in [0.15, 0.2) is 69.6 Å². The summed E-state index contributed by atoms with van der Waals surface area (Å²) in [7, 11) is 0. The molecule has 0 saturated carbocycles. The van der Waals surface area contributed by atoms with Gasteiger partial charge in [-0.3, -0.25) is 0 Å². The summed E-state index contributed by atoms with van der Waals surface area (Å²) in [5.74, 6) is 0. The van der Waals surface area contributed by atoms with E-state index in [0.717, 1.165) is 39.4 Å². The van der Waals surface area contributed by atoms with Crippen LogP contribution in [-0.4, -0.2) is 28.9 Å². The largest absolute Gasteiger partial charge is 0.389 e. The number of para-hydroxylation sites is 1. The van der Waals surface area contributed by atoms with Crippen molar-refractivity contribution in [2.45, 2.75) is 25.5 Å². The monoisotopic (exact) mass is 512 g/mol. The normalized spacial score (nSPS) is 15.1. The maximum atomic E-state index is 11.0. The fraction of sp³-hybridized carbons (Fsp3) is 0.250. The molecule has 1 aromatic heterocycles. The maximum absolute atomic E-state index is 11.0. The summed E-state index contributed by atoms with van der Waals surface area (Å²) >= 11 is 7.20. The lowest BCUT2D eigenvalue weighted by Gasteiger charge is -2.33. The number of rotatable bonds is 4. The van der Waals surface area contributed by atoms with Crippen molar-refractivity contribution in [2.24, 2.45) is 0 Å². The molecule has 0 fully saturated rings. The lowest BCUT2D eigenvalue weighted by Crippen LogP contribution is -2.38. The molecule has 1 atom stereocenters. The number of benzene rings is 3. The molecule has 0 amide bonds. The van der Waals surface area contributed by atoms with Crippen molar-refractivity contribution in [3.05, 3.63) is 75.2 Å². The molecule has 3 aromatic carbocycles. The Morgan fingerprint density at radius 2 is 1.52 bits per heavy atom. The second-order valence-electron chi connectivity index (χ2n) is 7.77. The van der Waals surface area contributed by atoms with Crippen LogP contribution >= 0.6 is 31.9 Å². The number of nitrogens with zero attached hydrogens (tertiary/aromatic N) is 2. The van der Waals surface area contributed by atoms with Crippen LogP contribution < -0.4 is 4.90 Å². The summed E-state index contributed by atoms with van der Waals surface area (Å²) in [6.07, 6.45) is 1.81. The van der Waals surface area contributed by atoms with Gasteiger partial charge in [0.2, 0.25) is 0 Å². The Morgan fingerprint density at radius 1 is 0.862 bits per heavy atom. The molecule has 29 heavy (non-hydrogen) atoms. The van der Waals surface area contributed by atoms with Crippen molar-refractivity contribution in [3.63, 3.8) is 0 Å². The fourth-order valence-corrected chi connectivity index (χ4v) is 5.29. The molecule has 0 bridgehead atoms. The maximum Gasteiger partial charge on any atom is 0.0893 e. The van der Waals surface area contributed by atoms with Gasteiger partial charge in [0.25, 0.3) is 0 Å². The third-order valence-corrected chi connectivity index (χ3v) is 6.81. The molecule has 148 valence electrons. The van der Waals surface area contributed by atoms with E-state index in [2.05, 4.69) is 102 Å². The summed E-state index contributed by atoms with van der Waals surface area (Å²) < 4.78 is 4.38. The number of hydrogen-bond donors (Lipinski definition) is 1. The van der Waals surface area contributed by atoms with Crippen LogP contribution in [0.2, 0.25) is 0 Å². The number of aliphatic hydroxyl groups excluding tert-OH is 1. The van der Waals surface area contributed by atoms with E-state index in [1.165, 1.54) is 22.0 Å². The number of β-amino-alcohol motifs (C(OH)–C–C–N with tert-alkyl or cyclic N) is 1. The predicted octanol–water partition coefficient (Wildman–Crippen LogP) is 6.13. The van der Waals surface area contributed by atoms with Crippen LogP contribution in [0, 0.1) is 0 Å². The zero-order valence-electron chi connectivity index (χ0n) is 16.0. The Hall–Kier alpha value is -1.82. The van der Waals surface area contributed by atoms with E-state index in [-0.39, 0.29) is 0 Å². The van der Waals surface area contributed by atoms with Gasteiger partial charge in [0.15, 0.2) is 0 Å². The number of anilines is 1. The Labute approximate surface area is 187 Å². The van der Waals surface area contributed by atoms with Crippen molar-refractivity contribution < 1.29 is 5.11 Å². The highest BCUT2D eigenvalue weighted by Crippen LogP contribution is 2.33. The molecule has 5 rings (SSSR count). The molecule has 1 aliphatic rings. The topological polar surface area (TPSA) is 28.4 Å². The number of aryl methyl sites for hydroxylation is 1. The van der Waals surface area contributed by atoms with E-state index in [0.29, 0.717) is 13.1 Å². The van der Waals surface area contributed by atoms with Crippen molar-refractivity contribution in [1.29, 1.82) is 0 Å². The van der Waals surface area contributed by atoms with Gasteiger partial charge in [-0.1, -0.05) is 50.1 Å². The molecular formula is C24H22Br2N2O. The van der Waals surface area contributed by atoms with E-state index in [4.69, 9.17) is 0 Å². The van der Waals surface area contributed by atoms with Gasteiger partial charge in [-0.15, -0.1) is 0 Å². The second kappa shape index (κ2) is 7.78. The van der Waals surface area contributed by atoms with Crippen molar-refractivity contribution in [1.82, 2.24) is 4.57 Å². The smallest absolute Gasteiger partial charge is 0.0893 e. The average Bonchev–Trinajstić information content (AvgIpc) is 3.00. The summed E-state index contributed by atoms with van der Waals surface area (Å²) in [5.41, 5.74) is 4.96. The molecular weight excluding hydrogens is 492 g/mol. The molecule has 3 nitrogen and oxygen atoms in total. The molecule has 0 radical (unpaired) electrons. The number of fused-ring (bicyclic) bond motifs is 4. The summed E-state index contributed by atoms with van der Waals surface area (Å²) in [6.45, 7) is 2.22. The van der Waals surface area contributed by atoms with Gasteiger partial charge in [0.1, 0.15) is 0 Å². The highest BCUT2D eigenvalue weighted by atomic mass is 79.9. The Balaban J connectivity index is 1.49. The average molecular weight is 514 g/mol. The van der Waals surface area contributed by atoms with Crippen molar-refractivity contribution in [3.8, 4) is 0 Å². The quantitative estimate of drug-likeness (QED) is 0.355. The summed E-state index contributed by atoms with van der Waals surface area (Å²) in [6, 6.07) is 21.3. The predicted molar refractivity (Wildman–Crippen MR) is 128 cm³/mol. The first kappa shape index (κ1) is 19.2. The number of aliphatic hydroxyl groups is 1. The lowest BCUT2D eigenvalue weighted by molar-refractivity contribution is 0.161. The van der Waals surface area contributed by atoms with Crippen LogP contribution in [0.3, 0.4) is 0 Å². The molecule has 0 unspecified atom stereocenters. The van der Waals surface area contributed by atoms with Crippen molar-refractivity contribution >= 4 is 59.4 Å². The standard InChI is InChI=1S/C24H22Br2N2O/c25-17-7-9-23-20(12-17)21-13-18(26)8-10-24(21)28(23)15-19(29)14-27-11-3-5-16-4-1-2-6-22(16)27/h1-2,4,6-10,12-13,19,29H,3,5,11,14-15H2/t19-/m1/s1. The second-order valence-corrected chi connectivity index (χ2v) is 9.60. The minimum absolute atomic E-state index is 0.452. The van der Waals surface area contributed by atoms with Crippen LogP contribution in [0.1, 0.15) is 12.0 Å². The van der Waals surface area contributed by atoms with Gasteiger partial charge >= 0.3 is 0 Å². The minimum Gasteiger partial charge on any atom is -0.389 e. The highest BCUT2D eigenvalue weighted by Gasteiger charge is 2.20. The molecule has 0 spiro atoms. The fourth-order valence-electron chi connectivity index (χ4n) is 4.57. The molecule has 5 heteroatoms. The first-order chi connectivity index (χ1) is 14.1. The van der Waals surface area contributed by atoms with Crippen LogP contribution in [0.25, 0.3) is 21.8 Å². The van der Waals surface area contributed by atoms with E-state index in [1.54, 1.807) is 0 Å². The third kappa shape index (κ3) is 3.60. The van der Waals surface area contributed by atoms with Crippen LogP contribution in [0.4, 0.5) is 5.69 Å². The molecule has 4 aromatic rings. The van der Waals surface area contributed by atoms with Gasteiger partial charge in [-0.2, -0.15) is 0 Å². The molecule has 0 aliphatic carbocycles. The number of hydrogen-bond acceptors (Lipinski definition) is 2. The molecule has 2 heterocycles. The van der Waals surface area contributed by atoms with Gasteiger partial charge in [-0.05, 0) is 60.9 Å². The van der Waals surface area contributed by atoms with E-state index >= 15 is 0 Å². The Bertz CT molecular complexity index is 1140. The lowest BCUT2D eigenvalue weighted by atomic mass is 10.0. The SMILES string of the molecule is O[C@H](CN1CCCc2ccccc21)Cn1c2ccc(Br)cc2c2cc(Br)ccc21. The molecule has 1 aliphatic heterocycles.